The quantitative estimate of drug-likeness (QED) is 0.765. The second-order valence-corrected chi connectivity index (χ2v) is 9.08. The Bertz CT molecular complexity index is 563. The van der Waals surface area contributed by atoms with Crippen LogP contribution in [0, 0.1) is 6.92 Å². The van der Waals surface area contributed by atoms with E-state index >= 15 is 0 Å². The lowest BCUT2D eigenvalue weighted by Crippen LogP contribution is -2.46. The van der Waals surface area contributed by atoms with Gasteiger partial charge in [-0.25, -0.2) is 13.1 Å². The van der Waals surface area contributed by atoms with Crippen molar-refractivity contribution in [3.05, 3.63) is 15.8 Å². The topological polar surface area (TPSA) is 67.4 Å². The van der Waals surface area contributed by atoms with Gasteiger partial charge in [0.1, 0.15) is 0 Å². The SMILES string of the molecule is COCC(C)(C)NS(=O)(=O)c1cc(CNC(C)C)sc1C. The summed E-state index contributed by atoms with van der Waals surface area (Å²) in [6.07, 6.45) is 0. The molecule has 5 nitrogen and oxygen atoms in total. The molecule has 0 radical (unpaired) electrons. The Hall–Kier alpha value is -0.470. The fourth-order valence-corrected chi connectivity index (χ4v) is 4.98. The van der Waals surface area contributed by atoms with Crippen LogP contribution in [0.25, 0.3) is 0 Å². The molecular formula is C14H26N2O3S2. The summed E-state index contributed by atoms with van der Waals surface area (Å²) in [5.41, 5.74) is -0.641. The summed E-state index contributed by atoms with van der Waals surface area (Å²) >= 11 is 1.51. The zero-order valence-corrected chi connectivity index (χ0v) is 15.2. The van der Waals surface area contributed by atoms with Gasteiger partial charge in [-0.3, -0.25) is 0 Å². The van der Waals surface area contributed by atoms with Crippen molar-refractivity contribution in [3.8, 4) is 0 Å². The maximum absolute atomic E-state index is 12.5. The molecule has 0 aliphatic carbocycles. The highest BCUT2D eigenvalue weighted by molar-refractivity contribution is 7.89. The van der Waals surface area contributed by atoms with E-state index in [1.807, 2.05) is 6.92 Å². The highest BCUT2D eigenvalue weighted by atomic mass is 32.2. The van der Waals surface area contributed by atoms with Crippen LogP contribution in [-0.2, 0) is 21.3 Å². The first-order valence-corrected chi connectivity index (χ1v) is 9.23. The third-order valence-corrected chi connectivity index (χ3v) is 5.82. The summed E-state index contributed by atoms with van der Waals surface area (Å²) in [5, 5.41) is 3.30. The van der Waals surface area contributed by atoms with Gasteiger partial charge in [-0.15, -0.1) is 11.3 Å². The molecule has 2 N–H and O–H groups in total. The highest BCUT2D eigenvalue weighted by Crippen LogP contribution is 2.26. The smallest absolute Gasteiger partial charge is 0.242 e. The van der Waals surface area contributed by atoms with Gasteiger partial charge in [0.25, 0.3) is 0 Å². The van der Waals surface area contributed by atoms with Gasteiger partial charge >= 0.3 is 0 Å². The maximum Gasteiger partial charge on any atom is 0.242 e. The fourth-order valence-electron chi connectivity index (χ4n) is 1.99. The summed E-state index contributed by atoms with van der Waals surface area (Å²) in [6, 6.07) is 2.12. The summed E-state index contributed by atoms with van der Waals surface area (Å²) in [4.78, 5) is 2.18. The number of aryl methyl sites for hydroxylation is 1. The molecular weight excluding hydrogens is 308 g/mol. The Kier molecular flexibility index (Phi) is 6.36. The number of ether oxygens (including phenoxy) is 1. The van der Waals surface area contributed by atoms with Crippen molar-refractivity contribution >= 4 is 21.4 Å². The summed E-state index contributed by atoms with van der Waals surface area (Å²) in [6.45, 7) is 10.6. The molecule has 0 aliphatic heterocycles. The van der Waals surface area contributed by atoms with E-state index in [-0.39, 0.29) is 0 Å². The van der Waals surface area contributed by atoms with E-state index in [1.165, 1.54) is 11.3 Å². The number of hydrogen-bond donors (Lipinski definition) is 2. The molecule has 122 valence electrons. The monoisotopic (exact) mass is 334 g/mol. The normalized spacial score (nSPS) is 13.1. The van der Waals surface area contributed by atoms with Crippen LogP contribution in [0.15, 0.2) is 11.0 Å². The van der Waals surface area contributed by atoms with E-state index in [2.05, 4.69) is 23.9 Å². The van der Waals surface area contributed by atoms with Crippen molar-refractivity contribution < 1.29 is 13.2 Å². The molecule has 0 atom stereocenters. The predicted molar refractivity (Wildman–Crippen MR) is 87.3 cm³/mol. The second kappa shape index (κ2) is 7.19. The molecule has 0 fully saturated rings. The van der Waals surface area contributed by atoms with Crippen LogP contribution < -0.4 is 10.0 Å². The first-order valence-electron chi connectivity index (χ1n) is 6.93. The molecule has 1 aromatic heterocycles. The van der Waals surface area contributed by atoms with E-state index in [9.17, 15) is 8.42 Å². The van der Waals surface area contributed by atoms with Crippen LogP contribution in [0.3, 0.4) is 0 Å². The van der Waals surface area contributed by atoms with Crippen LogP contribution in [0.2, 0.25) is 0 Å². The molecule has 21 heavy (non-hydrogen) atoms. The van der Waals surface area contributed by atoms with Crippen LogP contribution in [0.4, 0.5) is 0 Å². The summed E-state index contributed by atoms with van der Waals surface area (Å²) in [5.74, 6) is 0. The van der Waals surface area contributed by atoms with E-state index in [0.29, 0.717) is 24.1 Å². The Morgan fingerprint density at radius 2 is 2.00 bits per heavy atom. The van der Waals surface area contributed by atoms with Crippen LogP contribution >= 0.6 is 11.3 Å². The lowest BCUT2D eigenvalue weighted by Gasteiger charge is -2.24. The molecule has 1 heterocycles. The average molecular weight is 335 g/mol. The van der Waals surface area contributed by atoms with E-state index < -0.39 is 15.6 Å². The van der Waals surface area contributed by atoms with Crippen molar-refractivity contribution in [1.29, 1.82) is 0 Å². The van der Waals surface area contributed by atoms with Gasteiger partial charge in [0, 0.05) is 29.5 Å². The van der Waals surface area contributed by atoms with Crippen molar-refractivity contribution in [1.82, 2.24) is 10.0 Å². The van der Waals surface area contributed by atoms with Crippen LogP contribution in [0.5, 0.6) is 0 Å². The van der Waals surface area contributed by atoms with Crippen LogP contribution in [-0.4, -0.2) is 33.7 Å². The summed E-state index contributed by atoms with van der Waals surface area (Å²) < 4.78 is 32.8. The van der Waals surface area contributed by atoms with Crippen LogP contribution in [0.1, 0.15) is 37.4 Å². The van der Waals surface area contributed by atoms with Crippen molar-refractivity contribution in [2.24, 2.45) is 0 Å². The molecule has 0 unspecified atom stereocenters. The van der Waals surface area contributed by atoms with Gasteiger partial charge in [0.05, 0.1) is 17.0 Å². The molecule has 0 aliphatic rings. The van der Waals surface area contributed by atoms with Gasteiger partial charge in [-0.05, 0) is 26.8 Å². The van der Waals surface area contributed by atoms with Gasteiger partial charge in [-0.1, -0.05) is 13.8 Å². The Morgan fingerprint density at radius 3 is 2.52 bits per heavy atom. The van der Waals surface area contributed by atoms with Gasteiger partial charge in [0.2, 0.25) is 10.0 Å². The molecule has 0 bridgehead atoms. The Balaban J connectivity index is 2.93. The minimum atomic E-state index is -3.54. The highest BCUT2D eigenvalue weighted by Gasteiger charge is 2.28. The molecule has 1 aromatic rings. The number of rotatable bonds is 8. The first kappa shape index (κ1) is 18.6. The molecule has 1 rings (SSSR count). The zero-order chi connectivity index (χ0) is 16.3. The van der Waals surface area contributed by atoms with Crippen molar-refractivity contribution in [3.63, 3.8) is 0 Å². The molecule has 7 heteroatoms. The largest absolute Gasteiger partial charge is 0.383 e. The maximum atomic E-state index is 12.5. The average Bonchev–Trinajstić information content (AvgIpc) is 2.67. The van der Waals surface area contributed by atoms with Gasteiger partial charge in [-0.2, -0.15) is 0 Å². The third kappa shape index (κ3) is 5.67. The van der Waals surface area contributed by atoms with Crippen molar-refractivity contribution in [2.45, 2.75) is 57.6 Å². The van der Waals surface area contributed by atoms with Gasteiger partial charge in [0.15, 0.2) is 0 Å². The molecule has 0 saturated carbocycles. The lowest BCUT2D eigenvalue weighted by molar-refractivity contribution is 0.141. The Labute approximate surface area is 132 Å². The first-order chi connectivity index (χ1) is 9.57. The fraction of sp³-hybridized carbons (Fsp3) is 0.714. The zero-order valence-electron chi connectivity index (χ0n) is 13.6. The molecule has 0 aromatic carbocycles. The van der Waals surface area contributed by atoms with E-state index in [1.54, 1.807) is 27.0 Å². The minimum Gasteiger partial charge on any atom is -0.383 e. The molecule has 0 spiro atoms. The minimum absolute atomic E-state index is 0.317. The van der Waals surface area contributed by atoms with E-state index in [0.717, 1.165) is 9.75 Å². The number of sulfonamides is 1. The molecule has 0 amide bonds. The van der Waals surface area contributed by atoms with Crippen molar-refractivity contribution in [2.75, 3.05) is 13.7 Å². The lowest BCUT2D eigenvalue weighted by atomic mass is 10.1. The second-order valence-electron chi connectivity index (χ2n) is 6.09. The number of thiophene rings is 1. The predicted octanol–water partition coefficient (Wildman–Crippen LogP) is 2.26. The number of methoxy groups -OCH3 is 1. The number of hydrogen-bond acceptors (Lipinski definition) is 5. The van der Waals surface area contributed by atoms with Gasteiger partial charge < -0.3 is 10.1 Å². The third-order valence-electron chi connectivity index (χ3n) is 2.81. The standard InChI is InChI=1S/C14H26N2O3S2/c1-10(2)15-8-12-7-13(11(3)20-12)21(17,18)16-14(4,5)9-19-6/h7,10,15-16H,8-9H2,1-6H3. The summed E-state index contributed by atoms with van der Waals surface area (Å²) in [7, 11) is -1.98. The molecule has 0 saturated heterocycles. The van der Waals surface area contributed by atoms with E-state index in [4.69, 9.17) is 4.74 Å². The Morgan fingerprint density at radius 1 is 1.38 bits per heavy atom. The number of nitrogens with one attached hydrogen (secondary N) is 2.